The van der Waals surface area contributed by atoms with Gasteiger partial charge in [0, 0.05) is 10.2 Å². The van der Waals surface area contributed by atoms with Crippen LogP contribution in [-0.4, -0.2) is 8.42 Å². The van der Waals surface area contributed by atoms with E-state index in [0.29, 0.717) is 4.47 Å². The molecule has 2 aromatic rings. The quantitative estimate of drug-likeness (QED) is 0.582. The van der Waals surface area contributed by atoms with Crippen LogP contribution in [-0.2, 0) is 10.0 Å². The lowest BCUT2D eigenvalue weighted by atomic mass is 10.3. The van der Waals surface area contributed by atoms with Crippen LogP contribution in [0.5, 0.6) is 0 Å². The van der Waals surface area contributed by atoms with Gasteiger partial charge in [0.05, 0.1) is 15.7 Å². The normalized spacial score (nSPS) is 11.4. The Morgan fingerprint density at radius 2 is 1.81 bits per heavy atom. The van der Waals surface area contributed by atoms with Crippen molar-refractivity contribution in [3.63, 3.8) is 0 Å². The van der Waals surface area contributed by atoms with Gasteiger partial charge in [-0.15, -0.1) is 0 Å². The van der Waals surface area contributed by atoms with E-state index in [0.717, 1.165) is 12.1 Å². The molecular formula is C12H8BrCl2FN2O2S. The van der Waals surface area contributed by atoms with Crippen molar-refractivity contribution >= 4 is 60.5 Å². The molecule has 0 saturated heterocycles. The molecule has 3 N–H and O–H groups in total. The van der Waals surface area contributed by atoms with Gasteiger partial charge in [-0.3, -0.25) is 4.72 Å². The number of halogens is 4. The van der Waals surface area contributed by atoms with Crippen LogP contribution in [0.1, 0.15) is 0 Å². The van der Waals surface area contributed by atoms with E-state index < -0.39 is 20.7 Å². The van der Waals surface area contributed by atoms with E-state index in [4.69, 9.17) is 28.9 Å². The van der Waals surface area contributed by atoms with E-state index in [-0.39, 0.29) is 21.4 Å². The Kier molecular flexibility index (Phi) is 4.67. The lowest BCUT2D eigenvalue weighted by Gasteiger charge is -2.12. The molecule has 0 spiro atoms. The summed E-state index contributed by atoms with van der Waals surface area (Å²) in [5, 5.41) is 0.142. The Labute approximate surface area is 139 Å². The maximum absolute atomic E-state index is 13.7. The van der Waals surface area contributed by atoms with Gasteiger partial charge in [-0.1, -0.05) is 23.2 Å². The monoisotopic (exact) mass is 412 g/mol. The van der Waals surface area contributed by atoms with E-state index in [1.54, 1.807) is 0 Å². The topological polar surface area (TPSA) is 72.2 Å². The first-order chi connectivity index (χ1) is 9.72. The fourth-order valence-electron chi connectivity index (χ4n) is 1.53. The second kappa shape index (κ2) is 6.00. The third kappa shape index (κ3) is 3.42. The number of rotatable bonds is 3. The maximum atomic E-state index is 13.7. The van der Waals surface area contributed by atoms with Crippen molar-refractivity contribution in [2.75, 3.05) is 10.5 Å². The predicted molar refractivity (Wildman–Crippen MR) is 85.8 cm³/mol. The highest BCUT2D eigenvalue weighted by molar-refractivity contribution is 9.10. The minimum atomic E-state index is -4.18. The summed E-state index contributed by atoms with van der Waals surface area (Å²) < 4.78 is 40.8. The standard InChI is InChI=1S/C12H8BrCl2FN2O2S/c13-7-2-4-9(12(15)11(7)14)18-21(19,20)10-5-6(17)1-3-8(10)16/h1-5,18H,17H2. The molecule has 2 rings (SSSR count). The molecule has 0 atom stereocenters. The van der Waals surface area contributed by atoms with E-state index in [1.165, 1.54) is 18.2 Å². The van der Waals surface area contributed by atoms with Crippen molar-refractivity contribution in [1.82, 2.24) is 0 Å². The minimum Gasteiger partial charge on any atom is -0.399 e. The smallest absolute Gasteiger partial charge is 0.264 e. The molecule has 2 aromatic carbocycles. The summed E-state index contributed by atoms with van der Waals surface area (Å²) in [7, 11) is -4.18. The minimum absolute atomic E-state index is 0.000993. The van der Waals surface area contributed by atoms with E-state index in [9.17, 15) is 12.8 Å². The van der Waals surface area contributed by atoms with Gasteiger partial charge in [0.15, 0.2) is 0 Å². The van der Waals surface area contributed by atoms with Crippen molar-refractivity contribution in [2.24, 2.45) is 0 Å². The molecule has 0 bridgehead atoms. The SMILES string of the molecule is Nc1ccc(F)c(S(=O)(=O)Nc2ccc(Br)c(Cl)c2Cl)c1. The molecule has 0 aliphatic carbocycles. The Morgan fingerprint density at radius 3 is 2.48 bits per heavy atom. The van der Waals surface area contributed by atoms with Crippen molar-refractivity contribution in [2.45, 2.75) is 4.90 Å². The first kappa shape index (κ1) is 16.4. The number of nitrogens with one attached hydrogen (secondary N) is 1. The number of anilines is 2. The Morgan fingerprint density at radius 1 is 1.14 bits per heavy atom. The van der Waals surface area contributed by atoms with Crippen LogP contribution in [0.15, 0.2) is 39.7 Å². The summed E-state index contributed by atoms with van der Waals surface area (Å²) in [6, 6.07) is 6.17. The maximum Gasteiger partial charge on any atom is 0.264 e. The number of nitrogen functional groups attached to an aromatic ring is 1. The van der Waals surface area contributed by atoms with Crippen LogP contribution < -0.4 is 10.5 Å². The van der Waals surface area contributed by atoms with E-state index in [2.05, 4.69) is 20.7 Å². The second-order valence-corrected chi connectivity index (χ2v) is 7.28. The second-order valence-electron chi connectivity index (χ2n) is 4.02. The van der Waals surface area contributed by atoms with E-state index in [1.807, 2.05) is 0 Å². The summed E-state index contributed by atoms with van der Waals surface area (Å²) in [5.41, 5.74) is 5.64. The number of nitrogens with two attached hydrogens (primary N) is 1. The van der Waals surface area contributed by atoms with Crippen LogP contribution in [0.2, 0.25) is 10.0 Å². The number of hydrogen-bond donors (Lipinski definition) is 2. The average Bonchev–Trinajstić information content (AvgIpc) is 2.42. The molecule has 21 heavy (non-hydrogen) atoms. The molecular weight excluding hydrogens is 406 g/mol. The largest absolute Gasteiger partial charge is 0.399 e. The predicted octanol–water partition coefficient (Wildman–Crippen LogP) is 4.28. The third-order valence-corrected chi connectivity index (χ3v) is 5.68. The molecule has 0 fully saturated rings. The molecule has 0 aliphatic heterocycles. The zero-order chi connectivity index (χ0) is 15.8. The molecule has 9 heteroatoms. The van der Waals surface area contributed by atoms with Gasteiger partial charge in [-0.2, -0.15) is 0 Å². The lowest BCUT2D eigenvalue weighted by molar-refractivity contribution is 0.570. The molecule has 0 aromatic heterocycles. The van der Waals surface area contributed by atoms with Crippen molar-refractivity contribution < 1.29 is 12.8 Å². The van der Waals surface area contributed by atoms with Gasteiger partial charge in [-0.05, 0) is 46.3 Å². The zero-order valence-corrected chi connectivity index (χ0v) is 14.1. The highest BCUT2D eigenvalue weighted by Crippen LogP contribution is 2.36. The zero-order valence-electron chi connectivity index (χ0n) is 10.2. The van der Waals surface area contributed by atoms with E-state index >= 15 is 0 Å². The van der Waals surface area contributed by atoms with Crippen LogP contribution in [0.4, 0.5) is 15.8 Å². The Balaban J connectivity index is 2.47. The highest BCUT2D eigenvalue weighted by atomic mass is 79.9. The summed E-state index contributed by atoms with van der Waals surface area (Å²) >= 11 is 15.0. The van der Waals surface area contributed by atoms with Crippen molar-refractivity contribution in [3.05, 3.63) is 50.7 Å². The number of hydrogen-bond acceptors (Lipinski definition) is 3. The Hall–Kier alpha value is -1.02. The summed E-state index contributed by atoms with van der Waals surface area (Å²) in [4.78, 5) is -0.572. The van der Waals surface area contributed by atoms with Crippen molar-refractivity contribution in [3.8, 4) is 0 Å². The van der Waals surface area contributed by atoms with Crippen LogP contribution in [0.25, 0.3) is 0 Å². The summed E-state index contributed by atoms with van der Waals surface area (Å²) in [6.45, 7) is 0. The lowest BCUT2D eigenvalue weighted by Crippen LogP contribution is -2.15. The fraction of sp³-hybridized carbons (Fsp3) is 0. The van der Waals surface area contributed by atoms with Crippen LogP contribution in [0, 0.1) is 5.82 Å². The fourth-order valence-corrected chi connectivity index (χ4v) is 3.59. The van der Waals surface area contributed by atoms with Gasteiger partial charge >= 0.3 is 0 Å². The molecule has 0 saturated carbocycles. The molecule has 0 heterocycles. The highest BCUT2D eigenvalue weighted by Gasteiger charge is 2.21. The van der Waals surface area contributed by atoms with Gasteiger partial charge in [0.1, 0.15) is 10.7 Å². The van der Waals surface area contributed by atoms with Gasteiger partial charge in [0.2, 0.25) is 0 Å². The van der Waals surface area contributed by atoms with Gasteiger partial charge < -0.3 is 5.73 Å². The molecule has 0 radical (unpaired) electrons. The van der Waals surface area contributed by atoms with Crippen molar-refractivity contribution in [1.29, 1.82) is 0 Å². The summed E-state index contributed by atoms with van der Waals surface area (Å²) in [6.07, 6.45) is 0. The summed E-state index contributed by atoms with van der Waals surface area (Å²) in [5.74, 6) is -0.920. The van der Waals surface area contributed by atoms with Crippen LogP contribution >= 0.6 is 39.1 Å². The van der Waals surface area contributed by atoms with Crippen LogP contribution in [0.3, 0.4) is 0 Å². The molecule has 0 aliphatic rings. The average molecular weight is 414 g/mol. The molecule has 0 amide bonds. The number of sulfonamides is 1. The number of benzene rings is 2. The first-order valence-electron chi connectivity index (χ1n) is 5.43. The van der Waals surface area contributed by atoms with Gasteiger partial charge in [0.25, 0.3) is 10.0 Å². The molecule has 4 nitrogen and oxygen atoms in total. The molecule has 0 unspecified atom stereocenters. The van der Waals surface area contributed by atoms with Gasteiger partial charge in [-0.25, -0.2) is 12.8 Å². The Bertz CT molecular complexity index is 815. The first-order valence-corrected chi connectivity index (χ1v) is 8.47. The molecule has 112 valence electrons. The third-order valence-electron chi connectivity index (χ3n) is 2.52.